The maximum Gasteiger partial charge on any atom is 0.491 e. The highest BCUT2D eigenvalue weighted by Gasteiger charge is 2.30. The molecule has 0 aromatic heterocycles. The van der Waals surface area contributed by atoms with Gasteiger partial charge in [0.2, 0.25) is 0 Å². The van der Waals surface area contributed by atoms with Crippen molar-refractivity contribution in [3.8, 4) is 0 Å². The van der Waals surface area contributed by atoms with E-state index < -0.39 is 12.7 Å². The molecule has 1 atom stereocenters. The van der Waals surface area contributed by atoms with Crippen LogP contribution in [0.3, 0.4) is 0 Å². The maximum atomic E-state index is 11.5. The molecule has 116 valence electrons. The lowest BCUT2D eigenvalue weighted by Crippen LogP contribution is -2.44. The van der Waals surface area contributed by atoms with Crippen molar-refractivity contribution in [2.24, 2.45) is 5.92 Å². The lowest BCUT2D eigenvalue weighted by Gasteiger charge is -2.31. The van der Waals surface area contributed by atoms with Crippen LogP contribution >= 0.6 is 0 Å². The predicted octanol–water partition coefficient (Wildman–Crippen LogP) is 2.10. The minimum Gasteiger partial charge on any atom is -0.469 e. The molecular formula is C16H25BO4. The average molecular weight is 292 g/mol. The monoisotopic (exact) mass is 292 g/mol. The lowest BCUT2D eigenvalue weighted by atomic mass is 9.76. The second kappa shape index (κ2) is 7.10. The molecule has 0 fully saturated rings. The fourth-order valence-corrected chi connectivity index (χ4v) is 1.75. The van der Waals surface area contributed by atoms with Gasteiger partial charge < -0.3 is 14.4 Å². The van der Waals surface area contributed by atoms with Crippen LogP contribution < -0.4 is 5.46 Å². The Balaban J connectivity index is 2.80. The van der Waals surface area contributed by atoms with E-state index in [1.54, 1.807) is 19.1 Å². The number of ether oxygens (including phenoxy) is 1. The van der Waals surface area contributed by atoms with Crippen molar-refractivity contribution in [2.45, 2.75) is 46.1 Å². The third-order valence-corrected chi connectivity index (χ3v) is 4.08. The number of esters is 1. The first-order chi connectivity index (χ1) is 9.69. The highest BCUT2D eigenvalue weighted by Crippen LogP contribution is 2.21. The molecule has 0 aliphatic heterocycles. The molecule has 0 spiro atoms. The molecule has 5 heteroatoms. The second-order valence-electron chi connectivity index (χ2n) is 6.14. The molecule has 1 aromatic rings. The van der Waals surface area contributed by atoms with Gasteiger partial charge >= 0.3 is 13.1 Å². The minimum atomic E-state index is -0.982. The van der Waals surface area contributed by atoms with Gasteiger partial charge in [-0.2, -0.15) is 0 Å². The zero-order valence-electron chi connectivity index (χ0n) is 13.7. The number of methoxy groups -OCH3 is 1. The Kier molecular flexibility index (Phi) is 5.99. The van der Waals surface area contributed by atoms with Gasteiger partial charge in [0.25, 0.3) is 0 Å². The van der Waals surface area contributed by atoms with E-state index in [2.05, 4.69) is 0 Å². The van der Waals surface area contributed by atoms with Gasteiger partial charge in [-0.3, -0.25) is 4.79 Å². The standard InChI is InChI=1S/C16H25BO4/c1-11(2)16(4,5)21-17(19)14-9-7-13(8-10-14)12(3)15(18)20-6/h7-12,19H,1-6H3. The Labute approximate surface area is 127 Å². The van der Waals surface area contributed by atoms with Crippen molar-refractivity contribution in [1.82, 2.24) is 0 Å². The highest BCUT2D eigenvalue weighted by molar-refractivity contribution is 6.60. The Morgan fingerprint density at radius 2 is 1.71 bits per heavy atom. The van der Waals surface area contributed by atoms with Crippen molar-refractivity contribution in [3.63, 3.8) is 0 Å². The highest BCUT2D eigenvalue weighted by atomic mass is 16.5. The molecule has 0 radical (unpaired) electrons. The largest absolute Gasteiger partial charge is 0.491 e. The normalized spacial score (nSPS) is 13.1. The van der Waals surface area contributed by atoms with Crippen LogP contribution in [0, 0.1) is 5.92 Å². The van der Waals surface area contributed by atoms with Crippen LogP contribution in [0.5, 0.6) is 0 Å². The lowest BCUT2D eigenvalue weighted by molar-refractivity contribution is -0.141. The summed E-state index contributed by atoms with van der Waals surface area (Å²) in [5, 5.41) is 10.2. The van der Waals surface area contributed by atoms with Crippen molar-refractivity contribution >= 4 is 18.6 Å². The first kappa shape index (κ1) is 17.7. The zero-order chi connectivity index (χ0) is 16.2. The molecule has 4 nitrogen and oxygen atoms in total. The van der Waals surface area contributed by atoms with E-state index in [4.69, 9.17) is 9.39 Å². The predicted molar refractivity (Wildman–Crippen MR) is 84.5 cm³/mol. The number of carbonyl (C=O) groups is 1. The van der Waals surface area contributed by atoms with Crippen LogP contribution in [-0.2, 0) is 14.2 Å². The van der Waals surface area contributed by atoms with Crippen molar-refractivity contribution in [2.75, 3.05) is 7.11 Å². The van der Waals surface area contributed by atoms with E-state index in [0.717, 1.165) is 5.56 Å². The van der Waals surface area contributed by atoms with Gasteiger partial charge in [0.05, 0.1) is 18.6 Å². The Hall–Kier alpha value is -1.33. The van der Waals surface area contributed by atoms with E-state index in [1.165, 1.54) is 7.11 Å². The van der Waals surface area contributed by atoms with Crippen LogP contribution in [0.2, 0.25) is 0 Å². The van der Waals surface area contributed by atoms with Gasteiger partial charge in [0.1, 0.15) is 0 Å². The molecule has 1 N–H and O–H groups in total. The maximum absolute atomic E-state index is 11.5. The van der Waals surface area contributed by atoms with Crippen LogP contribution in [-0.4, -0.2) is 30.8 Å². The molecule has 0 aliphatic carbocycles. The molecule has 0 saturated heterocycles. The van der Waals surface area contributed by atoms with Crippen LogP contribution in [0.1, 0.15) is 46.1 Å². The van der Waals surface area contributed by atoms with Gasteiger partial charge in [-0.15, -0.1) is 0 Å². The minimum absolute atomic E-state index is 0.277. The van der Waals surface area contributed by atoms with Gasteiger partial charge in [-0.1, -0.05) is 38.1 Å². The summed E-state index contributed by atoms with van der Waals surface area (Å²) in [5.74, 6) is -0.319. The van der Waals surface area contributed by atoms with Gasteiger partial charge in [0, 0.05) is 0 Å². The molecule has 1 unspecified atom stereocenters. The van der Waals surface area contributed by atoms with Crippen molar-refractivity contribution < 1.29 is 19.2 Å². The summed E-state index contributed by atoms with van der Waals surface area (Å²) in [5.41, 5.74) is 1.10. The molecule has 0 aliphatic rings. The van der Waals surface area contributed by atoms with E-state index in [9.17, 15) is 9.82 Å². The first-order valence-electron chi connectivity index (χ1n) is 7.22. The molecule has 0 saturated carbocycles. The summed E-state index contributed by atoms with van der Waals surface area (Å²) in [6, 6.07) is 7.17. The smallest absolute Gasteiger partial charge is 0.469 e. The third kappa shape index (κ3) is 4.58. The molecule has 1 aromatic carbocycles. The molecule has 1 rings (SSSR count). The summed E-state index contributed by atoms with van der Waals surface area (Å²) in [6.07, 6.45) is 0. The molecule has 0 amide bonds. The zero-order valence-corrected chi connectivity index (χ0v) is 13.7. The number of hydrogen-bond donors (Lipinski definition) is 1. The molecule has 0 bridgehead atoms. The van der Waals surface area contributed by atoms with E-state index in [1.807, 2.05) is 39.8 Å². The fraction of sp³-hybridized carbons (Fsp3) is 0.562. The summed E-state index contributed by atoms with van der Waals surface area (Å²) < 4.78 is 10.4. The van der Waals surface area contributed by atoms with Crippen LogP contribution in [0.4, 0.5) is 0 Å². The summed E-state index contributed by atoms with van der Waals surface area (Å²) >= 11 is 0. The van der Waals surface area contributed by atoms with E-state index >= 15 is 0 Å². The van der Waals surface area contributed by atoms with E-state index in [0.29, 0.717) is 5.46 Å². The fourth-order valence-electron chi connectivity index (χ4n) is 1.75. The number of rotatable bonds is 6. The topological polar surface area (TPSA) is 55.8 Å². The quantitative estimate of drug-likeness (QED) is 0.644. The van der Waals surface area contributed by atoms with Crippen molar-refractivity contribution in [1.29, 1.82) is 0 Å². The number of carbonyl (C=O) groups excluding carboxylic acids is 1. The number of hydrogen-bond acceptors (Lipinski definition) is 4. The average Bonchev–Trinajstić information content (AvgIpc) is 2.45. The van der Waals surface area contributed by atoms with E-state index in [-0.39, 0.29) is 17.8 Å². The SMILES string of the molecule is COC(=O)C(C)c1ccc(B(O)OC(C)(C)C(C)C)cc1. The number of benzene rings is 1. The molecule has 0 heterocycles. The Morgan fingerprint density at radius 1 is 1.19 bits per heavy atom. The van der Waals surface area contributed by atoms with Gasteiger partial charge in [-0.25, -0.2) is 0 Å². The summed E-state index contributed by atoms with van der Waals surface area (Å²) in [6.45, 7) is 9.79. The van der Waals surface area contributed by atoms with Crippen LogP contribution in [0.15, 0.2) is 24.3 Å². The van der Waals surface area contributed by atoms with Gasteiger partial charge in [0.15, 0.2) is 0 Å². The van der Waals surface area contributed by atoms with Crippen LogP contribution in [0.25, 0.3) is 0 Å². The second-order valence-corrected chi connectivity index (χ2v) is 6.14. The first-order valence-corrected chi connectivity index (χ1v) is 7.22. The summed E-state index contributed by atoms with van der Waals surface area (Å²) in [7, 11) is 0.392. The Morgan fingerprint density at radius 3 is 2.14 bits per heavy atom. The third-order valence-electron chi connectivity index (χ3n) is 4.08. The molecular weight excluding hydrogens is 267 g/mol. The van der Waals surface area contributed by atoms with Gasteiger partial charge in [-0.05, 0) is 37.7 Å². The summed E-state index contributed by atoms with van der Waals surface area (Å²) in [4.78, 5) is 11.5. The van der Waals surface area contributed by atoms with Crippen molar-refractivity contribution in [3.05, 3.63) is 29.8 Å². The molecule has 21 heavy (non-hydrogen) atoms. The Bertz CT molecular complexity index is 468.